The van der Waals surface area contributed by atoms with Crippen molar-refractivity contribution in [3.63, 3.8) is 0 Å². The minimum absolute atomic E-state index is 0.114. The van der Waals surface area contributed by atoms with Crippen LogP contribution in [0.4, 0.5) is 0 Å². The fourth-order valence-electron chi connectivity index (χ4n) is 2.15. The van der Waals surface area contributed by atoms with Crippen LogP contribution in [0.5, 0.6) is 5.75 Å². The zero-order valence-electron chi connectivity index (χ0n) is 10.4. The summed E-state index contributed by atoms with van der Waals surface area (Å²) >= 11 is 3.39. The SMILES string of the molecule is COc1cc(Br)ccc1CC(=O)N1CC[C@H](N)C1. The Bertz CT molecular complexity index is 451. The lowest BCUT2D eigenvalue weighted by Crippen LogP contribution is -2.33. The van der Waals surface area contributed by atoms with E-state index >= 15 is 0 Å². The summed E-state index contributed by atoms with van der Waals surface area (Å²) < 4.78 is 6.23. The van der Waals surface area contributed by atoms with E-state index in [9.17, 15) is 4.79 Å². The molecular weight excluding hydrogens is 296 g/mol. The highest BCUT2D eigenvalue weighted by Crippen LogP contribution is 2.24. The number of rotatable bonds is 3. The molecule has 98 valence electrons. The largest absolute Gasteiger partial charge is 0.496 e. The minimum Gasteiger partial charge on any atom is -0.496 e. The number of nitrogens with zero attached hydrogens (tertiary/aromatic N) is 1. The van der Waals surface area contributed by atoms with Gasteiger partial charge in [-0.15, -0.1) is 0 Å². The molecule has 0 unspecified atom stereocenters. The number of hydrogen-bond donors (Lipinski definition) is 1. The first-order chi connectivity index (χ1) is 8.60. The van der Waals surface area contributed by atoms with Crippen molar-refractivity contribution in [3.05, 3.63) is 28.2 Å². The molecule has 2 rings (SSSR count). The Hall–Kier alpha value is -1.07. The van der Waals surface area contributed by atoms with Gasteiger partial charge in [-0.25, -0.2) is 0 Å². The number of hydrogen-bond acceptors (Lipinski definition) is 3. The van der Waals surface area contributed by atoms with Crippen LogP contribution in [0.2, 0.25) is 0 Å². The van der Waals surface area contributed by atoms with Crippen LogP contribution in [-0.2, 0) is 11.2 Å². The molecule has 4 nitrogen and oxygen atoms in total. The van der Waals surface area contributed by atoms with E-state index < -0.39 is 0 Å². The lowest BCUT2D eigenvalue weighted by atomic mass is 10.1. The van der Waals surface area contributed by atoms with Crippen molar-refractivity contribution in [1.82, 2.24) is 4.90 Å². The number of carbonyl (C=O) groups is 1. The van der Waals surface area contributed by atoms with Gasteiger partial charge in [-0.3, -0.25) is 4.79 Å². The van der Waals surface area contributed by atoms with Crippen molar-refractivity contribution in [2.75, 3.05) is 20.2 Å². The maximum absolute atomic E-state index is 12.1. The molecule has 1 amide bonds. The summed E-state index contributed by atoms with van der Waals surface area (Å²) in [6.45, 7) is 1.43. The molecule has 2 N–H and O–H groups in total. The highest BCUT2D eigenvalue weighted by atomic mass is 79.9. The average Bonchev–Trinajstić information content (AvgIpc) is 2.78. The van der Waals surface area contributed by atoms with Crippen molar-refractivity contribution >= 4 is 21.8 Å². The normalized spacial score (nSPS) is 19.1. The Labute approximate surface area is 115 Å². The molecule has 1 fully saturated rings. The summed E-state index contributed by atoms with van der Waals surface area (Å²) in [7, 11) is 1.61. The van der Waals surface area contributed by atoms with Crippen molar-refractivity contribution < 1.29 is 9.53 Å². The van der Waals surface area contributed by atoms with Crippen molar-refractivity contribution in [1.29, 1.82) is 0 Å². The minimum atomic E-state index is 0.114. The van der Waals surface area contributed by atoms with Gasteiger partial charge in [0.05, 0.1) is 13.5 Å². The molecule has 0 saturated carbocycles. The Balaban J connectivity index is 2.07. The van der Waals surface area contributed by atoms with E-state index in [1.165, 1.54) is 0 Å². The van der Waals surface area contributed by atoms with E-state index in [2.05, 4.69) is 15.9 Å². The van der Waals surface area contributed by atoms with Gasteiger partial charge in [0.2, 0.25) is 5.91 Å². The first kappa shape index (κ1) is 13.4. The van der Waals surface area contributed by atoms with Gasteiger partial charge in [-0.1, -0.05) is 22.0 Å². The molecule has 1 saturated heterocycles. The van der Waals surface area contributed by atoms with Crippen LogP contribution in [-0.4, -0.2) is 37.0 Å². The van der Waals surface area contributed by atoms with Crippen LogP contribution >= 0.6 is 15.9 Å². The highest BCUT2D eigenvalue weighted by Gasteiger charge is 2.24. The molecule has 0 aliphatic carbocycles. The van der Waals surface area contributed by atoms with E-state index in [0.29, 0.717) is 13.0 Å². The summed E-state index contributed by atoms with van der Waals surface area (Å²) in [5, 5.41) is 0. The Kier molecular flexibility index (Phi) is 4.24. The molecule has 1 aliphatic rings. The second-order valence-electron chi connectivity index (χ2n) is 4.52. The molecule has 1 atom stereocenters. The third-order valence-electron chi connectivity index (χ3n) is 3.17. The lowest BCUT2D eigenvalue weighted by molar-refractivity contribution is -0.129. The van der Waals surface area contributed by atoms with Gasteiger partial charge in [0.15, 0.2) is 0 Å². The number of ether oxygens (including phenoxy) is 1. The summed E-state index contributed by atoms with van der Waals surface area (Å²) in [5.74, 6) is 0.852. The van der Waals surface area contributed by atoms with E-state index in [1.807, 2.05) is 23.1 Å². The summed E-state index contributed by atoms with van der Waals surface area (Å²) in [4.78, 5) is 13.9. The molecule has 0 spiro atoms. The summed E-state index contributed by atoms with van der Waals surface area (Å²) in [5.41, 5.74) is 6.72. The molecule has 1 aliphatic heterocycles. The van der Waals surface area contributed by atoms with E-state index in [4.69, 9.17) is 10.5 Å². The second-order valence-corrected chi connectivity index (χ2v) is 5.44. The van der Waals surface area contributed by atoms with Crippen molar-refractivity contribution in [2.45, 2.75) is 18.9 Å². The number of benzene rings is 1. The van der Waals surface area contributed by atoms with Crippen LogP contribution < -0.4 is 10.5 Å². The number of amides is 1. The smallest absolute Gasteiger partial charge is 0.227 e. The summed E-state index contributed by atoms with van der Waals surface area (Å²) in [6.07, 6.45) is 1.26. The van der Waals surface area contributed by atoms with Crippen LogP contribution in [0.25, 0.3) is 0 Å². The van der Waals surface area contributed by atoms with Crippen molar-refractivity contribution in [2.24, 2.45) is 5.73 Å². The molecule has 5 heteroatoms. The standard InChI is InChI=1S/C13H17BrN2O2/c1-18-12-7-10(14)3-2-9(12)6-13(17)16-5-4-11(15)8-16/h2-3,7,11H,4-6,8,15H2,1H3/t11-/m0/s1. The van der Waals surface area contributed by atoms with Gasteiger partial charge >= 0.3 is 0 Å². The Morgan fingerprint density at radius 3 is 3.00 bits per heavy atom. The monoisotopic (exact) mass is 312 g/mol. The van der Waals surface area contributed by atoms with E-state index in [-0.39, 0.29) is 11.9 Å². The first-order valence-electron chi connectivity index (χ1n) is 5.96. The molecule has 1 aromatic carbocycles. The molecule has 1 heterocycles. The zero-order valence-corrected chi connectivity index (χ0v) is 11.9. The fourth-order valence-corrected chi connectivity index (χ4v) is 2.49. The summed E-state index contributed by atoms with van der Waals surface area (Å²) in [6, 6.07) is 5.83. The molecule has 0 bridgehead atoms. The van der Waals surface area contributed by atoms with Gasteiger partial charge in [-0.2, -0.15) is 0 Å². The van der Waals surface area contributed by atoms with Gasteiger partial charge in [-0.05, 0) is 18.6 Å². The third kappa shape index (κ3) is 3.03. The average molecular weight is 313 g/mol. The third-order valence-corrected chi connectivity index (χ3v) is 3.66. The van der Waals surface area contributed by atoms with E-state index in [0.717, 1.165) is 28.8 Å². The quantitative estimate of drug-likeness (QED) is 0.921. The Morgan fingerprint density at radius 1 is 1.61 bits per heavy atom. The van der Waals surface area contributed by atoms with Gasteiger partial charge in [0.1, 0.15) is 5.75 Å². The molecule has 0 aromatic heterocycles. The fraction of sp³-hybridized carbons (Fsp3) is 0.462. The highest BCUT2D eigenvalue weighted by molar-refractivity contribution is 9.10. The van der Waals surface area contributed by atoms with E-state index in [1.54, 1.807) is 7.11 Å². The number of methoxy groups -OCH3 is 1. The molecule has 18 heavy (non-hydrogen) atoms. The maximum atomic E-state index is 12.1. The van der Waals surface area contributed by atoms with Gasteiger partial charge < -0.3 is 15.4 Å². The molecule has 1 aromatic rings. The number of halogens is 1. The molecule has 0 radical (unpaired) electrons. The topological polar surface area (TPSA) is 55.6 Å². The van der Waals surface area contributed by atoms with Crippen LogP contribution in [0.3, 0.4) is 0 Å². The second kappa shape index (κ2) is 5.71. The predicted octanol–water partition coefficient (Wildman–Crippen LogP) is 1.56. The van der Waals surface area contributed by atoms with Crippen LogP contribution in [0.1, 0.15) is 12.0 Å². The molecular formula is C13H17BrN2O2. The maximum Gasteiger partial charge on any atom is 0.227 e. The number of nitrogens with two attached hydrogens (primary N) is 1. The number of likely N-dealkylation sites (tertiary alicyclic amines) is 1. The number of carbonyl (C=O) groups excluding carboxylic acids is 1. The van der Waals surface area contributed by atoms with Gasteiger partial charge in [0, 0.05) is 29.2 Å². The first-order valence-corrected chi connectivity index (χ1v) is 6.75. The van der Waals surface area contributed by atoms with Crippen LogP contribution in [0.15, 0.2) is 22.7 Å². The predicted molar refractivity (Wildman–Crippen MR) is 73.6 cm³/mol. The lowest BCUT2D eigenvalue weighted by Gasteiger charge is -2.16. The zero-order chi connectivity index (χ0) is 13.1. The van der Waals surface area contributed by atoms with Crippen LogP contribution in [0, 0.1) is 0 Å². The van der Waals surface area contributed by atoms with Crippen molar-refractivity contribution in [3.8, 4) is 5.75 Å². The Morgan fingerprint density at radius 2 is 2.39 bits per heavy atom. The van der Waals surface area contributed by atoms with Gasteiger partial charge in [0.25, 0.3) is 0 Å².